The highest BCUT2D eigenvalue weighted by molar-refractivity contribution is 7.89. The lowest BCUT2D eigenvalue weighted by Gasteiger charge is -2.23. The Kier molecular flexibility index (Phi) is 6.85. The molecule has 25 heavy (non-hydrogen) atoms. The van der Waals surface area contributed by atoms with Gasteiger partial charge >= 0.3 is 0 Å². The minimum absolute atomic E-state index is 0. The van der Waals surface area contributed by atoms with Gasteiger partial charge in [-0.25, -0.2) is 13.1 Å². The van der Waals surface area contributed by atoms with Crippen LogP contribution in [0, 0.1) is 0 Å². The fraction of sp³-hybridized carbons (Fsp3) is 0.588. The summed E-state index contributed by atoms with van der Waals surface area (Å²) in [4.78, 5) is 13.7. The maximum absolute atomic E-state index is 12.6. The van der Waals surface area contributed by atoms with E-state index in [0.29, 0.717) is 31.0 Å². The molecule has 1 amide bonds. The SMILES string of the molecule is CC(=O)N1CCc2ccc(S(=O)(=O)N[C@@H]3CCCNC3)cc2CC1.Cl. The average molecular weight is 388 g/mol. The zero-order valence-electron chi connectivity index (χ0n) is 14.5. The number of benzene rings is 1. The van der Waals surface area contributed by atoms with Crippen LogP contribution in [0.5, 0.6) is 0 Å². The number of nitrogens with zero attached hydrogens (tertiary/aromatic N) is 1. The summed E-state index contributed by atoms with van der Waals surface area (Å²) >= 11 is 0. The molecule has 0 saturated carbocycles. The summed E-state index contributed by atoms with van der Waals surface area (Å²) in [5.74, 6) is 0.0714. The molecule has 140 valence electrons. The summed E-state index contributed by atoms with van der Waals surface area (Å²) in [6.45, 7) is 4.54. The second kappa shape index (κ2) is 8.49. The van der Waals surface area contributed by atoms with Crippen molar-refractivity contribution in [2.45, 2.75) is 43.5 Å². The average Bonchev–Trinajstić information content (AvgIpc) is 2.77. The molecule has 0 spiro atoms. The van der Waals surface area contributed by atoms with E-state index < -0.39 is 10.0 Å². The van der Waals surface area contributed by atoms with E-state index in [1.165, 1.54) is 0 Å². The van der Waals surface area contributed by atoms with E-state index in [-0.39, 0.29) is 24.4 Å². The topological polar surface area (TPSA) is 78.5 Å². The lowest BCUT2D eigenvalue weighted by molar-refractivity contribution is -0.128. The van der Waals surface area contributed by atoms with E-state index in [1.807, 2.05) is 11.0 Å². The van der Waals surface area contributed by atoms with Crippen LogP contribution >= 0.6 is 12.4 Å². The predicted octanol–water partition coefficient (Wildman–Crippen LogP) is 1.09. The highest BCUT2D eigenvalue weighted by Crippen LogP contribution is 2.21. The number of amides is 1. The maximum atomic E-state index is 12.6. The third-order valence-corrected chi connectivity index (χ3v) is 6.37. The molecule has 2 aliphatic rings. The number of nitrogens with one attached hydrogen (secondary N) is 2. The van der Waals surface area contributed by atoms with Crippen molar-refractivity contribution < 1.29 is 13.2 Å². The van der Waals surface area contributed by atoms with Crippen LogP contribution in [-0.2, 0) is 27.7 Å². The first kappa shape index (κ1) is 20.2. The van der Waals surface area contributed by atoms with Crippen LogP contribution in [0.4, 0.5) is 0 Å². The summed E-state index contributed by atoms with van der Waals surface area (Å²) in [7, 11) is -3.51. The van der Waals surface area contributed by atoms with Gasteiger partial charge in [-0.1, -0.05) is 6.07 Å². The van der Waals surface area contributed by atoms with Gasteiger partial charge in [-0.15, -0.1) is 12.4 Å². The van der Waals surface area contributed by atoms with E-state index >= 15 is 0 Å². The second-order valence-electron chi connectivity index (χ2n) is 6.60. The highest BCUT2D eigenvalue weighted by Gasteiger charge is 2.23. The minimum atomic E-state index is -3.51. The van der Waals surface area contributed by atoms with Gasteiger partial charge in [0.05, 0.1) is 4.90 Å². The van der Waals surface area contributed by atoms with Gasteiger partial charge in [0.15, 0.2) is 0 Å². The van der Waals surface area contributed by atoms with E-state index in [9.17, 15) is 13.2 Å². The summed E-state index contributed by atoms with van der Waals surface area (Å²) < 4.78 is 28.1. The number of hydrogen-bond donors (Lipinski definition) is 2. The van der Waals surface area contributed by atoms with E-state index in [0.717, 1.165) is 36.9 Å². The van der Waals surface area contributed by atoms with Crippen LogP contribution in [0.3, 0.4) is 0 Å². The van der Waals surface area contributed by atoms with Gasteiger partial charge in [-0.05, 0) is 55.5 Å². The van der Waals surface area contributed by atoms with Crippen LogP contribution < -0.4 is 10.0 Å². The molecule has 0 radical (unpaired) electrons. The molecule has 2 N–H and O–H groups in total. The lowest BCUT2D eigenvalue weighted by atomic mass is 10.0. The summed E-state index contributed by atoms with van der Waals surface area (Å²) in [6.07, 6.45) is 3.32. The number of halogens is 1. The Bertz CT molecular complexity index is 718. The van der Waals surface area contributed by atoms with Gasteiger partial charge in [0, 0.05) is 32.6 Å². The molecule has 1 fully saturated rings. The second-order valence-corrected chi connectivity index (χ2v) is 8.32. The molecule has 1 aromatic carbocycles. The Hall–Kier alpha value is -1.15. The molecule has 1 atom stereocenters. The number of sulfonamides is 1. The van der Waals surface area contributed by atoms with Crippen molar-refractivity contribution in [2.24, 2.45) is 0 Å². The first-order valence-corrected chi connectivity index (χ1v) is 10.0. The Labute approximate surface area is 155 Å². The number of hydrogen-bond acceptors (Lipinski definition) is 4. The lowest BCUT2D eigenvalue weighted by Crippen LogP contribution is -2.45. The van der Waals surface area contributed by atoms with Crippen molar-refractivity contribution in [3.63, 3.8) is 0 Å². The maximum Gasteiger partial charge on any atom is 0.240 e. The van der Waals surface area contributed by atoms with Crippen molar-refractivity contribution in [1.82, 2.24) is 14.9 Å². The van der Waals surface area contributed by atoms with Crippen LogP contribution in [0.25, 0.3) is 0 Å². The van der Waals surface area contributed by atoms with E-state index in [1.54, 1.807) is 19.1 Å². The van der Waals surface area contributed by atoms with Crippen LogP contribution in [0.2, 0.25) is 0 Å². The first-order chi connectivity index (χ1) is 11.5. The molecular formula is C17H26ClN3O3S. The molecule has 6 nitrogen and oxygen atoms in total. The molecular weight excluding hydrogens is 362 g/mol. The number of carbonyl (C=O) groups is 1. The molecule has 1 aromatic rings. The summed E-state index contributed by atoms with van der Waals surface area (Å²) in [6, 6.07) is 5.31. The van der Waals surface area contributed by atoms with Crippen molar-refractivity contribution in [3.05, 3.63) is 29.3 Å². The van der Waals surface area contributed by atoms with Gasteiger partial charge in [0.1, 0.15) is 0 Å². The van der Waals surface area contributed by atoms with Gasteiger partial charge in [-0.2, -0.15) is 0 Å². The minimum Gasteiger partial charge on any atom is -0.342 e. The van der Waals surface area contributed by atoms with Crippen molar-refractivity contribution in [1.29, 1.82) is 0 Å². The molecule has 3 rings (SSSR count). The molecule has 0 unspecified atom stereocenters. The zero-order valence-corrected chi connectivity index (χ0v) is 16.1. The van der Waals surface area contributed by atoms with Crippen LogP contribution in [-0.4, -0.2) is 51.4 Å². The molecule has 2 aliphatic heterocycles. The highest BCUT2D eigenvalue weighted by atomic mass is 35.5. The molecule has 8 heteroatoms. The number of rotatable bonds is 3. The molecule has 1 saturated heterocycles. The van der Waals surface area contributed by atoms with Gasteiger partial charge in [0.2, 0.25) is 15.9 Å². The molecule has 0 bridgehead atoms. The Morgan fingerprint density at radius 2 is 1.96 bits per heavy atom. The number of piperidine rings is 1. The number of fused-ring (bicyclic) bond motifs is 1. The van der Waals surface area contributed by atoms with E-state index in [4.69, 9.17) is 0 Å². The fourth-order valence-corrected chi connectivity index (χ4v) is 4.74. The van der Waals surface area contributed by atoms with Crippen LogP contribution in [0.15, 0.2) is 23.1 Å². The first-order valence-electron chi connectivity index (χ1n) is 8.56. The van der Waals surface area contributed by atoms with Gasteiger partial charge in [0.25, 0.3) is 0 Å². The normalized spacial score (nSPS) is 21.0. The monoisotopic (exact) mass is 387 g/mol. The standard InChI is InChI=1S/C17H25N3O3S.ClH/c1-13(21)20-9-6-14-4-5-17(11-15(14)7-10-20)24(22,23)19-16-3-2-8-18-12-16;/h4-5,11,16,18-19H,2-3,6-10,12H2,1H3;1H/t16-;/m1./s1. The Morgan fingerprint density at radius 3 is 2.60 bits per heavy atom. The third-order valence-electron chi connectivity index (χ3n) is 4.85. The van der Waals surface area contributed by atoms with E-state index in [2.05, 4.69) is 10.0 Å². The predicted molar refractivity (Wildman–Crippen MR) is 99.6 cm³/mol. The quantitative estimate of drug-likeness (QED) is 0.813. The van der Waals surface area contributed by atoms with Crippen LogP contribution in [0.1, 0.15) is 30.9 Å². The van der Waals surface area contributed by atoms with Crippen molar-refractivity contribution >= 4 is 28.3 Å². The summed E-state index contributed by atoms with van der Waals surface area (Å²) in [5, 5.41) is 3.22. The van der Waals surface area contributed by atoms with Crippen molar-refractivity contribution in [3.8, 4) is 0 Å². The molecule has 2 heterocycles. The third kappa shape index (κ3) is 4.94. The largest absolute Gasteiger partial charge is 0.342 e. The Balaban J connectivity index is 0.00000225. The number of carbonyl (C=O) groups excluding carboxylic acids is 1. The fourth-order valence-electron chi connectivity index (χ4n) is 3.42. The van der Waals surface area contributed by atoms with Gasteiger partial charge < -0.3 is 10.2 Å². The van der Waals surface area contributed by atoms with Crippen molar-refractivity contribution in [2.75, 3.05) is 26.2 Å². The molecule has 0 aromatic heterocycles. The zero-order chi connectivity index (χ0) is 17.2. The van der Waals surface area contributed by atoms with Gasteiger partial charge in [-0.3, -0.25) is 4.79 Å². The Morgan fingerprint density at radius 1 is 1.24 bits per heavy atom. The summed E-state index contributed by atoms with van der Waals surface area (Å²) in [5.41, 5.74) is 2.17. The molecule has 0 aliphatic carbocycles. The smallest absolute Gasteiger partial charge is 0.240 e.